The molecule has 2 amide bonds. The van der Waals surface area contributed by atoms with Crippen LogP contribution in [0.2, 0.25) is 0 Å². The molecular formula is C17H21N5O4. The van der Waals surface area contributed by atoms with Gasteiger partial charge in [0.2, 0.25) is 0 Å². The quantitative estimate of drug-likeness (QED) is 0.842. The SMILES string of the molecule is COc1cccc(NC(=O)Nc2cc(N3CCOCC3)ncn2)c1OC. The lowest BCUT2D eigenvalue weighted by atomic mass is 10.2. The molecule has 0 bridgehead atoms. The van der Waals surface area contributed by atoms with Gasteiger partial charge in [0.25, 0.3) is 0 Å². The fourth-order valence-electron chi connectivity index (χ4n) is 2.64. The summed E-state index contributed by atoms with van der Waals surface area (Å²) in [6, 6.07) is 6.52. The van der Waals surface area contributed by atoms with Crippen LogP contribution in [0.4, 0.5) is 22.1 Å². The smallest absolute Gasteiger partial charge is 0.324 e. The molecule has 1 aliphatic heterocycles. The Morgan fingerprint density at radius 2 is 1.96 bits per heavy atom. The zero-order valence-electron chi connectivity index (χ0n) is 14.7. The van der Waals surface area contributed by atoms with E-state index in [9.17, 15) is 4.79 Å². The molecule has 1 aromatic carbocycles. The van der Waals surface area contributed by atoms with Crippen LogP contribution in [-0.2, 0) is 4.74 Å². The molecule has 0 spiro atoms. The molecule has 1 aliphatic rings. The number of carbonyl (C=O) groups excluding carboxylic acids is 1. The van der Waals surface area contributed by atoms with Crippen molar-refractivity contribution in [3.8, 4) is 11.5 Å². The number of methoxy groups -OCH3 is 2. The van der Waals surface area contributed by atoms with Gasteiger partial charge in [-0.05, 0) is 12.1 Å². The topological polar surface area (TPSA) is 97.8 Å². The molecule has 0 saturated carbocycles. The van der Waals surface area contributed by atoms with E-state index in [4.69, 9.17) is 14.2 Å². The van der Waals surface area contributed by atoms with Gasteiger partial charge in [-0.25, -0.2) is 14.8 Å². The Morgan fingerprint density at radius 1 is 1.15 bits per heavy atom. The molecule has 1 fully saturated rings. The Labute approximate surface area is 151 Å². The number of rotatable bonds is 5. The number of urea groups is 1. The summed E-state index contributed by atoms with van der Waals surface area (Å²) < 4.78 is 15.9. The molecule has 0 aliphatic carbocycles. The number of morpholine rings is 1. The van der Waals surface area contributed by atoms with E-state index < -0.39 is 6.03 Å². The Balaban J connectivity index is 1.69. The van der Waals surface area contributed by atoms with Crippen LogP contribution < -0.4 is 25.0 Å². The number of nitrogens with zero attached hydrogens (tertiary/aromatic N) is 3. The van der Waals surface area contributed by atoms with Crippen LogP contribution in [0.1, 0.15) is 0 Å². The normalized spacial score (nSPS) is 13.8. The highest BCUT2D eigenvalue weighted by Gasteiger charge is 2.15. The van der Waals surface area contributed by atoms with Crippen LogP contribution in [0.25, 0.3) is 0 Å². The number of benzene rings is 1. The van der Waals surface area contributed by atoms with E-state index in [1.165, 1.54) is 20.5 Å². The number of anilines is 3. The molecule has 26 heavy (non-hydrogen) atoms. The zero-order chi connectivity index (χ0) is 18.4. The third-order valence-corrected chi connectivity index (χ3v) is 3.88. The summed E-state index contributed by atoms with van der Waals surface area (Å²) in [7, 11) is 3.05. The maximum absolute atomic E-state index is 12.3. The molecule has 0 radical (unpaired) electrons. The van der Waals surface area contributed by atoms with Gasteiger partial charge >= 0.3 is 6.03 Å². The van der Waals surface area contributed by atoms with Crippen LogP contribution in [0.15, 0.2) is 30.6 Å². The first-order chi connectivity index (χ1) is 12.7. The molecule has 1 aromatic heterocycles. The number of amides is 2. The van der Waals surface area contributed by atoms with Gasteiger partial charge < -0.3 is 24.4 Å². The first kappa shape index (κ1) is 17.7. The van der Waals surface area contributed by atoms with Crippen LogP contribution in [0.5, 0.6) is 11.5 Å². The average Bonchev–Trinajstić information content (AvgIpc) is 2.68. The molecule has 3 rings (SSSR count). The maximum atomic E-state index is 12.3. The lowest BCUT2D eigenvalue weighted by Crippen LogP contribution is -2.36. The molecule has 138 valence electrons. The summed E-state index contributed by atoms with van der Waals surface area (Å²) in [5.41, 5.74) is 0.492. The van der Waals surface area contributed by atoms with Gasteiger partial charge in [-0.1, -0.05) is 6.07 Å². The van der Waals surface area contributed by atoms with Crippen molar-refractivity contribution in [3.63, 3.8) is 0 Å². The van der Waals surface area contributed by atoms with Gasteiger partial charge in [-0.3, -0.25) is 5.32 Å². The van der Waals surface area contributed by atoms with Gasteiger partial charge in [0.1, 0.15) is 18.0 Å². The molecule has 0 unspecified atom stereocenters. The van der Waals surface area contributed by atoms with Crippen LogP contribution in [0.3, 0.4) is 0 Å². The van der Waals surface area contributed by atoms with Crippen LogP contribution in [-0.4, -0.2) is 56.5 Å². The minimum Gasteiger partial charge on any atom is -0.493 e. The van der Waals surface area contributed by atoms with E-state index in [2.05, 4.69) is 25.5 Å². The molecule has 9 heteroatoms. The van der Waals surface area contributed by atoms with Crippen LogP contribution >= 0.6 is 0 Å². The van der Waals surface area contributed by atoms with Crippen molar-refractivity contribution in [2.45, 2.75) is 0 Å². The summed E-state index contributed by atoms with van der Waals surface area (Å²) >= 11 is 0. The number of aromatic nitrogens is 2. The fourth-order valence-corrected chi connectivity index (χ4v) is 2.64. The lowest BCUT2D eigenvalue weighted by Gasteiger charge is -2.27. The first-order valence-electron chi connectivity index (χ1n) is 8.15. The second-order valence-electron chi connectivity index (χ2n) is 5.48. The molecule has 2 heterocycles. The van der Waals surface area contributed by atoms with Crippen molar-refractivity contribution in [2.24, 2.45) is 0 Å². The van der Waals surface area contributed by atoms with E-state index in [-0.39, 0.29) is 0 Å². The molecule has 2 N–H and O–H groups in total. The summed E-state index contributed by atoms with van der Waals surface area (Å²) in [6.07, 6.45) is 1.42. The van der Waals surface area contributed by atoms with E-state index in [0.717, 1.165) is 18.9 Å². The van der Waals surface area contributed by atoms with Gasteiger partial charge in [-0.15, -0.1) is 0 Å². The minimum absolute atomic E-state index is 0.404. The molecule has 9 nitrogen and oxygen atoms in total. The third kappa shape index (κ3) is 4.12. The number of para-hydroxylation sites is 1. The van der Waals surface area contributed by atoms with Crippen molar-refractivity contribution in [3.05, 3.63) is 30.6 Å². The van der Waals surface area contributed by atoms with Gasteiger partial charge in [0, 0.05) is 19.2 Å². The lowest BCUT2D eigenvalue weighted by molar-refractivity contribution is 0.122. The number of nitrogens with one attached hydrogen (secondary N) is 2. The van der Waals surface area contributed by atoms with Gasteiger partial charge in [0.15, 0.2) is 11.5 Å². The monoisotopic (exact) mass is 359 g/mol. The number of hydrogen-bond donors (Lipinski definition) is 2. The highest BCUT2D eigenvalue weighted by Crippen LogP contribution is 2.34. The highest BCUT2D eigenvalue weighted by molar-refractivity contribution is 6.00. The fraction of sp³-hybridized carbons (Fsp3) is 0.353. The Hall–Kier alpha value is -3.07. The number of ether oxygens (including phenoxy) is 3. The maximum Gasteiger partial charge on any atom is 0.324 e. The van der Waals surface area contributed by atoms with E-state index >= 15 is 0 Å². The predicted octanol–water partition coefficient (Wildman–Crippen LogP) is 1.97. The molecule has 1 saturated heterocycles. The summed E-state index contributed by atoms with van der Waals surface area (Å²) in [5.74, 6) is 2.13. The highest BCUT2D eigenvalue weighted by atomic mass is 16.5. The third-order valence-electron chi connectivity index (χ3n) is 3.88. The summed E-state index contributed by atoms with van der Waals surface area (Å²) in [5, 5.41) is 5.44. The zero-order valence-corrected chi connectivity index (χ0v) is 14.7. The molecule has 0 atom stereocenters. The van der Waals surface area contributed by atoms with Crippen molar-refractivity contribution >= 4 is 23.4 Å². The minimum atomic E-state index is -0.441. The number of hydrogen-bond acceptors (Lipinski definition) is 7. The average molecular weight is 359 g/mol. The second kappa shape index (κ2) is 8.34. The van der Waals surface area contributed by atoms with Crippen molar-refractivity contribution < 1.29 is 19.0 Å². The largest absolute Gasteiger partial charge is 0.493 e. The van der Waals surface area contributed by atoms with Crippen LogP contribution in [0, 0.1) is 0 Å². The van der Waals surface area contributed by atoms with E-state index in [0.29, 0.717) is 36.2 Å². The second-order valence-corrected chi connectivity index (χ2v) is 5.48. The van der Waals surface area contributed by atoms with E-state index in [1.54, 1.807) is 24.3 Å². The summed E-state index contributed by atoms with van der Waals surface area (Å²) in [6.45, 7) is 2.82. The predicted molar refractivity (Wildman–Crippen MR) is 97.3 cm³/mol. The van der Waals surface area contributed by atoms with Gasteiger partial charge in [-0.2, -0.15) is 0 Å². The Bertz CT molecular complexity index is 765. The standard InChI is InChI=1S/C17H21N5O4/c1-24-13-5-3-4-12(16(13)25-2)20-17(23)21-14-10-15(19-11-18-14)22-6-8-26-9-7-22/h3-5,10-11H,6-9H2,1-2H3,(H2,18,19,20,21,23). The first-order valence-corrected chi connectivity index (χ1v) is 8.15. The van der Waals surface area contributed by atoms with Gasteiger partial charge in [0.05, 0.1) is 33.1 Å². The molecule has 2 aromatic rings. The van der Waals surface area contributed by atoms with E-state index in [1.807, 2.05) is 0 Å². The molecular weight excluding hydrogens is 338 g/mol. The Morgan fingerprint density at radius 3 is 2.69 bits per heavy atom. The van der Waals surface area contributed by atoms with Crippen molar-refractivity contribution in [1.29, 1.82) is 0 Å². The van der Waals surface area contributed by atoms with Crippen molar-refractivity contribution in [1.82, 2.24) is 9.97 Å². The summed E-state index contributed by atoms with van der Waals surface area (Å²) in [4.78, 5) is 22.8. The van der Waals surface area contributed by atoms with Crippen molar-refractivity contribution in [2.75, 3.05) is 56.1 Å². The Kier molecular flexibility index (Phi) is 5.69. The number of carbonyl (C=O) groups is 1.